The summed E-state index contributed by atoms with van der Waals surface area (Å²) < 4.78 is 0. The van der Waals surface area contributed by atoms with Crippen molar-refractivity contribution in [2.24, 2.45) is 0 Å². The lowest BCUT2D eigenvalue weighted by atomic mass is 10.1. The smallest absolute Gasteiger partial charge is 0.0398 e. The standard InChI is InChI=1S/C14H23N/c1-5-10-15(11-6-2)14-9-7-8-12(3)13(14)4/h7-9H,5-6,10-11H2,1-4H3. The van der Waals surface area contributed by atoms with E-state index in [0.29, 0.717) is 0 Å². The van der Waals surface area contributed by atoms with Gasteiger partial charge in [-0.25, -0.2) is 0 Å². The fourth-order valence-electron chi connectivity index (χ4n) is 1.97. The normalized spacial score (nSPS) is 10.4. The molecule has 0 spiro atoms. The first-order chi connectivity index (χ1) is 7.20. The molecule has 0 aromatic heterocycles. The van der Waals surface area contributed by atoms with Crippen molar-refractivity contribution in [1.29, 1.82) is 0 Å². The van der Waals surface area contributed by atoms with Crippen LogP contribution in [0.1, 0.15) is 37.8 Å². The van der Waals surface area contributed by atoms with Gasteiger partial charge in [0.05, 0.1) is 0 Å². The zero-order valence-electron chi connectivity index (χ0n) is 10.5. The maximum Gasteiger partial charge on any atom is 0.0398 e. The minimum atomic E-state index is 1.16. The number of anilines is 1. The molecule has 0 unspecified atom stereocenters. The van der Waals surface area contributed by atoms with Crippen molar-refractivity contribution in [3.63, 3.8) is 0 Å². The Balaban J connectivity index is 2.94. The Bertz CT molecular complexity index is 298. The topological polar surface area (TPSA) is 3.24 Å². The molecule has 0 atom stereocenters. The van der Waals surface area contributed by atoms with Crippen LogP contribution in [0, 0.1) is 13.8 Å². The molecule has 0 saturated heterocycles. The van der Waals surface area contributed by atoms with Gasteiger partial charge in [0.1, 0.15) is 0 Å². The SMILES string of the molecule is CCCN(CCC)c1cccc(C)c1C. The van der Waals surface area contributed by atoms with Gasteiger partial charge in [-0.1, -0.05) is 26.0 Å². The van der Waals surface area contributed by atoms with Crippen molar-refractivity contribution in [3.8, 4) is 0 Å². The highest BCUT2D eigenvalue weighted by atomic mass is 15.1. The van der Waals surface area contributed by atoms with Crippen LogP contribution in [0.25, 0.3) is 0 Å². The van der Waals surface area contributed by atoms with E-state index in [0.717, 1.165) is 13.1 Å². The van der Waals surface area contributed by atoms with E-state index in [1.165, 1.54) is 29.7 Å². The van der Waals surface area contributed by atoms with Gasteiger partial charge in [-0.3, -0.25) is 0 Å². The van der Waals surface area contributed by atoms with Gasteiger partial charge >= 0.3 is 0 Å². The molecule has 0 heterocycles. The van der Waals surface area contributed by atoms with Crippen molar-refractivity contribution in [1.82, 2.24) is 0 Å². The summed E-state index contributed by atoms with van der Waals surface area (Å²) in [5.41, 5.74) is 4.24. The maximum absolute atomic E-state index is 2.50. The lowest BCUT2D eigenvalue weighted by Gasteiger charge is -2.26. The fourth-order valence-corrected chi connectivity index (χ4v) is 1.97. The molecule has 0 amide bonds. The summed E-state index contributed by atoms with van der Waals surface area (Å²) >= 11 is 0. The van der Waals surface area contributed by atoms with Crippen LogP contribution in [-0.4, -0.2) is 13.1 Å². The van der Waals surface area contributed by atoms with Crippen molar-refractivity contribution in [2.75, 3.05) is 18.0 Å². The minimum absolute atomic E-state index is 1.16. The number of aryl methyl sites for hydroxylation is 1. The van der Waals surface area contributed by atoms with Crippen molar-refractivity contribution in [3.05, 3.63) is 29.3 Å². The third-order valence-corrected chi connectivity index (χ3v) is 2.90. The zero-order valence-corrected chi connectivity index (χ0v) is 10.5. The Kier molecular flexibility index (Phi) is 4.67. The predicted octanol–water partition coefficient (Wildman–Crippen LogP) is 3.93. The molecule has 0 N–H and O–H groups in total. The Morgan fingerprint density at radius 3 is 2.13 bits per heavy atom. The van der Waals surface area contributed by atoms with Crippen LogP contribution >= 0.6 is 0 Å². The average Bonchev–Trinajstić information content (AvgIpc) is 2.22. The van der Waals surface area contributed by atoms with Gasteiger partial charge in [0.25, 0.3) is 0 Å². The van der Waals surface area contributed by atoms with Crippen LogP contribution < -0.4 is 4.90 Å². The van der Waals surface area contributed by atoms with Crippen LogP contribution in [0.3, 0.4) is 0 Å². The molecule has 1 aromatic carbocycles. The van der Waals surface area contributed by atoms with E-state index in [-0.39, 0.29) is 0 Å². The molecule has 0 saturated carbocycles. The highest BCUT2D eigenvalue weighted by molar-refractivity contribution is 5.55. The molecule has 0 bridgehead atoms. The first kappa shape index (κ1) is 12.1. The van der Waals surface area contributed by atoms with Crippen LogP contribution in [0.5, 0.6) is 0 Å². The molecule has 84 valence electrons. The third kappa shape index (κ3) is 2.98. The lowest BCUT2D eigenvalue weighted by Crippen LogP contribution is -2.25. The Morgan fingerprint density at radius 2 is 1.60 bits per heavy atom. The lowest BCUT2D eigenvalue weighted by molar-refractivity contribution is 0.742. The van der Waals surface area contributed by atoms with E-state index in [2.05, 4.69) is 50.8 Å². The van der Waals surface area contributed by atoms with Gasteiger partial charge in [-0.2, -0.15) is 0 Å². The monoisotopic (exact) mass is 205 g/mol. The second-order valence-electron chi connectivity index (χ2n) is 4.21. The van der Waals surface area contributed by atoms with Gasteiger partial charge < -0.3 is 4.90 Å². The maximum atomic E-state index is 2.50. The molecule has 1 heteroatoms. The molecule has 0 radical (unpaired) electrons. The molecule has 0 aliphatic heterocycles. The summed E-state index contributed by atoms with van der Waals surface area (Å²) in [4.78, 5) is 2.50. The molecule has 0 fully saturated rings. The van der Waals surface area contributed by atoms with E-state index in [1.54, 1.807) is 0 Å². The molecular formula is C14H23N. The molecular weight excluding hydrogens is 182 g/mol. The summed E-state index contributed by atoms with van der Waals surface area (Å²) in [6.07, 6.45) is 2.43. The van der Waals surface area contributed by atoms with Gasteiger partial charge in [0.2, 0.25) is 0 Å². The van der Waals surface area contributed by atoms with E-state index in [4.69, 9.17) is 0 Å². The molecule has 0 aliphatic carbocycles. The van der Waals surface area contributed by atoms with E-state index >= 15 is 0 Å². The van der Waals surface area contributed by atoms with E-state index < -0.39 is 0 Å². The minimum Gasteiger partial charge on any atom is -0.371 e. The Morgan fingerprint density at radius 1 is 1.00 bits per heavy atom. The number of rotatable bonds is 5. The second kappa shape index (κ2) is 5.79. The zero-order chi connectivity index (χ0) is 11.3. The van der Waals surface area contributed by atoms with Gasteiger partial charge in [0.15, 0.2) is 0 Å². The summed E-state index contributed by atoms with van der Waals surface area (Å²) in [6, 6.07) is 6.60. The quantitative estimate of drug-likeness (QED) is 0.704. The average molecular weight is 205 g/mol. The van der Waals surface area contributed by atoms with Crippen LogP contribution in [0.2, 0.25) is 0 Å². The van der Waals surface area contributed by atoms with E-state index in [9.17, 15) is 0 Å². The number of nitrogens with zero attached hydrogens (tertiary/aromatic N) is 1. The van der Waals surface area contributed by atoms with Gasteiger partial charge in [0, 0.05) is 18.8 Å². The van der Waals surface area contributed by atoms with Crippen LogP contribution in [0.15, 0.2) is 18.2 Å². The highest BCUT2D eigenvalue weighted by Gasteiger charge is 2.07. The third-order valence-electron chi connectivity index (χ3n) is 2.90. The first-order valence-corrected chi connectivity index (χ1v) is 6.01. The highest BCUT2D eigenvalue weighted by Crippen LogP contribution is 2.23. The second-order valence-corrected chi connectivity index (χ2v) is 4.21. The largest absolute Gasteiger partial charge is 0.371 e. The molecule has 15 heavy (non-hydrogen) atoms. The molecule has 1 aromatic rings. The first-order valence-electron chi connectivity index (χ1n) is 6.01. The number of benzene rings is 1. The van der Waals surface area contributed by atoms with Crippen molar-refractivity contribution in [2.45, 2.75) is 40.5 Å². The number of hydrogen-bond acceptors (Lipinski definition) is 1. The summed E-state index contributed by atoms with van der Waals surface area (Å²) in [7, 11) is 0. The van der Waals surface area contributed by atoms with Crippen LogP contribution in [0.4, 0.5) is 5.69 Å². The Hall–Kier alpha value is -0.980. The van der Waals surface area contributed by atoms with Gasteiger partial charge in [-0.15, -0.1) is 0 Å². The summed E-state index contributed by atoms with van der Waals surface area (Å²) in [6.45, 7) is 11.2. The molecule has 1 rings (SSSR count). The van der Waals surface area contributed by atoms with E-state index in [1.807, 2.05) is 0 Å². The van der Waals surface area contributed by atoms with Crippen molar-refractivity contribution >= 4 is 5.69 Å². The summed E-state index contributed by atoms with van der Waals surface area (Å²) in [5.74, 6) is 0. The molecule has 1 nitrogen and oxygen atoms in total. The molecule has 0 aliphatic rings. The fraction of sp³-hybridized carbons (Fsp3) is 0.571. The predicted molar refractivity (Wildman–Crippen MR) is 68.7 cm³/mol. The van der Waals surface area contributed by atoms with Crippen molar-refractivity contribution < 1.29 is 0 Å². The van der Waals surface area contributed by atoms with Gasteiger partial charge in [-0.05, 0) is 43.9 Å². The number of hydrogen-bond donors (Lipinski definition) is 0. The summed E-state index contributed by atoms with van der Waals surface area (Å²) in [5, 5.41) is 0. The Labute approximate surface area is 94.1 Å². The van der Waals surface area contributed by atoms with Crippen LogP contribution in [-0.2, 0) is 0 Å².